The van der Waals surface area contributed by atoms with Crippen LogP contribution in [0.3, 0.4) is 0 Å². The van der Waals surface area contributed by atoms with Gasteiger partial charge in [-0.25, -0.2) is 9.59 Å². The average molecular weight is 885 g/mol. The highest BCUT2D eigenvalue weighted by atomic mass is 16.5. The van der Waals surface area contributed by atoms with Crippen LogP contribution in [-0.2, 0) is 60.9 Å². The van der Waals surface area contributed by atoms with Gasteiger partial charge in [0.05, 0.1) is 6.54 Å². The van der Waals surface area contributed by atoms with Crippen molar-refractivity contribution >= 4 is 59.4 Å². The summed E-state index contributed by atoms with van der Waals surface area (Å²) in [5, 5.41) is 45.3. The Labute approximate surface area is 362 Å². The molecule has 8 amide bonds. The van der Waals surface area contributed by atoms with Crippen LogP contribution in [0.2, 0.25) is 0 Å². The third kappa shape index (κ3) is 20.2. The molecule has 0 aliphatic heterocycles. The first-order chi connectivity index (χ1) is 29.6. The van der Waals surface area contributed by atoms with Crippen molar-refractivity contribution < 1.29 is 68.0 Å². The number of nitrogens with one attached hydrogen (secondary N) is 7. The van der Waals surface area contributed by atoms with E-state index in [0.717, 1.165) is 0 Å². The van der Waals surface area contributed by atoms with Gasteiger partial charge in [0.2, 0.25) is 41.4 Å². The molecule has 0 saturated heterocycles. The maximum absolute atomic E-state index is 13.7. The Morgan fingerprint density at radius 1 is 0.603 bits per heavy atom. The predicted octanol–water partition coefficient (Wildman–Crippen LogP) is -0.929. The lowest BCUT2D eigenvalue weighted by atomic mass is 10.00. The number of carboxylic acids is 2. The molecule has 22 heteroatoms. The van der Waals surface area contributed by atoms with E-state index >= 15 is 0 Å². The lowest BCUT2D eigenvalue weighted by Crippen LogP contribution is -2.59. The summed E-state index contributed by atoms with van der Waals surface area (Å²) in [6.45, 7) is 5.34. The topological polar surface area (TPSA) is 351 Å². The summed E-state index contributed by atoms with van der Waals surface area (Å²) in [6.07, 6.45) is -2.76. The molecule has 0 unspecified atom stereocenters. The summed E-state index contributed by atoms with van der Waals surface area (Å²) < 4.78 is 5.08. The number of nitrogens with two attached hydrogens (primary N) is 1. The Balaban J connectivity index is 2.11. The van der Waals surface area contributed by atoms with Crippen LogP contribution in [0.25, 0.3) is 0 Å². The van der Waals surface area contributed by atoms with Crippen LogP contribution in [0.1, 0.15) is 70.9 Å². The second-order valence-corrected chi connectivity index (χ2v) is 15.0. The van der Waals surface area contributed by atoms with Crippen molar-refractivity contribution in [2.75, 3.05) is 6.54 Å². The molecule has 2 aromatic carbocycles. The van der Waals surface area contributed by atoms with E-state index < -0.39 is 115 Å². The summed E-state index contributed by atoms with van der Waals surface area (Å²) in [6, 6.07) is 6.07. The number of aliphatic carboxylic acids is 2. The summed E-state index contributed by atoms with van der Waals surface area (Å²) >= 11 is 0. The number of phenols is 1. The second-order valence-electron chi connectivity index (χ2n) is 15.0. The lowest BCUT2D eigenvalue weighted by Gasteiger charge is -2.27. The van der Waals surface area contributed by atoms with Gasteiger partial charge in [-0.2, -0.15) is 0 Å². The van der Waals surface area contributed by atoms with Crippen molar-refractivity contribution in [3.05, 3.63) is 65.7 Å². The first-order valence-electron chi connectivity index (χ1n) is 19.9. The highest BCUT2D eigenvalue weighted by Gasteiger charge is 2.32. The number of aromatic hydroxyl groups is 1. The molecule has 0 heterocycles. The number of rotatable bonds is 26. The Kier molecular flexibility index (Phi) is 21.5. The zero-order valence-electron chi connectivity index (χ0n) is 35.3. The molecule has 0 aliphatic carbocycles. The largest absolute Gasteiger partial charge is 0.508 e. The Hall–Kier alpha value is -7.26. The molecule has 0 saturated carbocycles. The Bertz CT molecular complexity index is 1930. The fraction of sp³-hybridized carbons (Fsp3) is 0.463. The van der Waals surface area contributed by atoms with Gasteiger partial charge in [0.15, 0.2) is 0 Å². The fourth-order valence-corrected chi connectivity index (χ4v) is 5.65. The number of hydrogen-bond acceptors (Lipinski definition) is 12. The molecule has 0 spiro atoms. The number of primary amides is 1. The van der Waals surface area contributed by atoms with Crippen molar-refractivity contribution in [2.24, 2.45) is 11.7 Å². The number of carbonyl (C=O) groups is 10. The minimum absolute atomic E-state index is 0.0220. The highest BCUT2D eigenvalue weighted by Crippen LogP contribution is 2.13. The molecular formula is C41H56N8O14. The number of phenolic OH excluding ortho intramolecular Hbond substituents is 1. The molecule has 12 N–H and O–H groups in total. The van der Waals surface area contributed by atoms with E-state index in [0.29, 0.717) is 11.1 Å². The van der Waals surface area contributed by atoms with E-state index in [2.05, 4.69) is 37.2 Å². The average Bonchev–Trinajstić information content (AvgIpc) is 3.22. The van der Waals surface area contributed by atoms with E-state index in [1.165, 1.54) is 38.1 Å². The van der Waals surface area contributed by atoms with Gasteiger partial charge >= 0.3 is 18.0 Å². The highest BCUT2D eigenvalue weighted by molar-refractivity contribution is 5.96. The number of benzene rings is 2. The minimum atomic E-state index is -1.54. The van der Waals surface area contributed by atoms with Gasteiger partial charge in [-0.3, -0.25) is 38.4 Å². The quantitative estimate of drug-likeness (QED) is 0.0544. The van der Waals surface area contributed by atoms with E-state index in [1.807, 2.05) is 0 Å². The van der Waals surface area contributed by atoms with Crippen LogP contribution in [-0.4, -0.2) is 117 Å². The standard InChI is InChI=1S/C41H56N8O14/c1-22(2)18-30(38(58)49-31(19-25-10-12-27(50)13-11-25)39(59)47-29(40(60)61)14-16-32(42)51)48-36(56)24(4)44-37(57)28(15-17-34(53)54)46-33(52)20-43-35(55)23(3)45-41(62)63-21-26-8-6-5-7-9-26/h5-13,22-24,28-31,50H,14-21H2,1-4H3,(H2,42,51)(H,43,55)(H,44,57)(H,45,62)(H,46,52)(H,47,59)(H,48,56)(H,49,58)(H,53,54)(H,60,61)/t23-,24-,28-,29-,30-,31-/m1/s1. The number of ether oxygens (including phenoxy) is 1. The Morgan fingerprint density at radius 3 is 1.75 bits per heavy atom. The van der Waals surface area contributed by atoms with Gasteiger partial charge in [0.1, 0.15) is 48.6 Å². The molecule has 344 valence electrons. The van der Waals surface area contributed by atoms with E-state index in [4.69, 9.17) is 10.5 Å². The second kappa shape index (κ2) is 26.2. The summed E-state index contributed by atoms with van der Waals surface area (Å²) in [4.78, 5) is 126. The van der Waals surface area contributed by atoms with Gasteiger partial charge < -0.3 is 63.0 Å². The minimum Gasteiger partial charge on any atom is -0.508 e. The van der Waals surface area contributed by atoms with Crippen LogP contribution in [0.4, 0.5) is 4.79 Å². The maximum Gasteiger partial charge on any atom is 0.408 e. The van der Waals surface area contributed by atoms with Gasteiger partial charge in [-0.05, 0) is 62.3 Å². The summed E-state index contributed by atoms with van der Waals surface area (Å²) in [5.74, 6) is -9.23. The number of amides is 8. The zero-order valence-corrected chi connectivity index (χ0v) is 35.3. The molecule has 0 bridgehead atoms. The smallest absolute Gasteiger partial charge is 0.408 e. The Morgan fingerprint density at radius 2 is 1.16 bits per heavy atom. The van der Waals surface area contributed by atoms with Gasteiger partial charge in [0.25, 0.3) is 0 Å². The molecule has 22 nitrogen and oxygen atoms in total. The number of hydrogen-bond donors (Lipinski definition) is 11. The SMILES string of the molecule is CC(C)C[C@@H](NC(=O)[C@@H](C)NC(=O)[C@@H](CCC(=O)O)NC(=O)CNC(=O)[C@@H](C)NC(=O)OCc1ccccc1)C(=O)N[C@H](Cc1ccc(O)cc1)C(=O)N[C@H](CCC(N)=O)C(=O)O. The molecule has 0 fully saturated rings. The number of carbonyl (C=O) groups excluding carboxylic acids is 8. The molecule has 0 aromatic heterocycles. The van der Waals surface area contributed by atoms with Crippen LogP contribution in [0.15, 0.2) is 54.6 Å². The van der Waals surface area contributed by atoms with E-state index in [1.54, 1.807) is 44.2 Å². The summed E-state index contributed by atoms with van der Waals surface area (Å²) in [7, 11) is 0. The van der Waals surface area contributed by atoms with Crippen LogP contribution in [0, 0.1) is 5.92 Å². The third-order valence-corrected chi connectivity index (χ3v) is 9.06. The van der Waals surface area contributed by atoms with Crippen molar-refractivity contribution in [3.63, 3.8) is 0 Å². The summed E-state index contributed by atoms with van der Waals surface area (Å²) in [5.41, 5.74) is 6.31. The van der Waals surface area contributed by atoms with Crippen LogP contribution >= 0.6 is 0 Å². The normalized spacial score (nSPS) is 13.6. The van der Waals surface area contributed by atoms with Crippen molar-refractivity contribution in [2.45, 2.75) is 109 Å². The first-order valence-corrected chi connectivity index (χ1v) is 19.9. The van der Waals surface area contributed by atoms with Crippen LogP contribution in [0.5, 0.6) is 5.75 Å². The van der Waals surface area contributed by atoms with Gasteiger partial charge in [-0.1, -0.05) is 56.3 Å². The first kappa shape index (κ1) is 51.9. The number of alkyl carbamates (subject to hydrolysis) is 1. The van der Waals surface area contributed by atoms with E-state index in [-0.39, 0.29) is 44.0 Å². The van der Waals surface area contributed by atoms with Crippen molar-refractivity contribution in [3.8, 4) is 5.75 Å². The molecular weight excluding hydrogens is 828 g/mol. The van der Waals surface area contributed by atoms with E-state index in [9.17, 15) is 63.3 Å². The van der Waals surface area contributed by atoms with Gasteiger partial charge in [0, 0.05) is 19.3 Å². The number of carboxylic acid groups (broad SMARTS) is 2. The lowest BCUT2D eigenvalue weighted by molar-refractivity contribution is -0.142. The molecule has 2 aromatic rings. The molecule has 0 radical (unpaired) electrons. The predicted molar refractivity (Wildman–Crippen MR) is 222 cm³/mol. The molecule has 0 aliphatic rings. The molecule has 6 atom stereocenters. The van der Waals surface area contributed by atoms with Crippen molar-refractivity contribution in [1.29, 1.82) is 0 Å². The molecule has 2 rings (SSSR count). The van der Waals surface area contributed by atoms with Crippen molar-refractivity contribution in [1.82, 2.24) is 37.2 Å². The molecule has 63 heavy (non-hydrogen) atoms. The monoisotopic (exact) mass is 884 g/mol. The van der Waals surface area contributed by atoms with Crippen LogP contribution < -0.4 is 43.0 Å². The zero-order chi connectivity index (χ0) is 47.2. The maximum atomic E-state index is 13.7. The van der Waals surface area contributed by atoms with Gasteiger partial charge in [-0.15, -0.1) is 0 Å². The fourth-order valence-electron chi connectivity index (χ4n) is 5.65. The third-order valence-electron chi connectivity index (χ3n) is 9.06.